The highest BCUT2D eigenvalue weighted by atomic mass is 35.5. The van der Waals surface area contributed by atoms with E-state index >= 15 is 0 Å². The number of nitrogens with one attached hydrogen (secondary N) is 1. The minimum atomic E-state index is 0. The van der Waals surface area contributed by atoms with Crippen LogP contribution in [-0.4, -0.2) is 13.1 Å². The molecule has 0 amide bonds. The zero-order valence-electron chi connectivity index (χ0n) is 10.3. The summed E-state index contributed by atoms with van der Waals surface area (Å²) in [5, 5.41) is 3.42. The molecule has 2 heteroatoms. The molecule has 2 rings (SSSR count). The molecule has 16 heavy (non-hydrogen) atoms. The molecule has 1 aromatic rings. The van der Waals surface area contributed by atoms with Crippen LogP contribution in [-0.2, 0) is 6.42 Å². The van der Waals surface area contributed by atoms with Crippen molar-refractivity contribution in [2.24, 2.45) is 5.92 Å². The molecule has 1 aliphatic heterocycles. The lowest BCUT2D eigenvalue weighted by molar-refractivity contribution is 0.372. The van der Waals surface area contributed by atoms with Gasteiger partial charge in [-0.1, -0.05) is 29.3 Å². The van der Waals surface area contributed by atoms with Crippen molar-refractivity contribution in [1.82, 2.24) is 5.32 Å². The van der Waals surface area contributed by atoms with Crippen molar-refractivity contribution in [2.45, 2.75) is 33.1 Å². The van der Waals surface area contributed by atoms with Crippen molar-refractivity contribution in [3.8, 4) is 0 Å². The number of hydrogen-bond donors (Lipinski definition) is 1. The molecule has 0 radical (unpaired) electrons. The Morgan fingerprint density at radius 2 is 1.62 bits per heavy atom. The molecular formula is C14H22ClN. The van der Waals surface area contributed by atoms with E-state index in [1.54, 1.807) is 0 Å². The maximum absolute atomic E-state index is 3.42. The molecule has 1 aromatic carbocycles. The zero-order chi connectivity index (χ0) is 10.7. The lowest BCUT2D eigenvalue weighted by atomic mass is 9.90. The van der Waals surface area contributed by atoms with Gasteiger partial charge in [-0.25, -0.2) is 0 Å². The van der Waals surface area contributed by atoms with Gasteiger partial charge in [0.05, 0.1) is 0 Å². The predicted octanol–water partition coefficient (Wildman–Crippen LogP) is 3.27. The van der Waals surface area contributed by atoms with Crippen LogP contribution in [0.4, 0.5) is 0 Å². The summed E-state index contributed by atoms with van der Waals surface area (Å²) >= 11 is 0. The van der Waals surface area contributed by atoms with Gasteiger partial charge in [-0.2, -0.15) is 0 Å². The van der Waals surface area contributed by atoms with E-state index in [4.69, 9.17) is 0 Å². The Hall–Kier alpha value is -0.530. The highest BCUT2D eigenvalue weighted by Gasteiger charge is 2.13. The minimum Gasteiger partial charge on any atom is -0.317 e. The van der Waals surface area contributed by atoms with E-state index in [2.05, 4.69) is 37.4 Å². The molecular weight excluding hydrogens is 218 g/mol. The van der Waals surface area contributed by atoms with Crippen molar-refractivity contribution in [2.75, 3.05) is 13.1 Å². The third-order valence-corrected chi connectivity index (χ3v) is 3.26. The van der Waals surface area contributed by atoms with E-state index in [1.807, 2.05) is 0 Å². The number of rotatable bonds is 2. The Bertz CT molecular complexity index is 309. The summed E-state index contributed by atoms with van der Waals surface area (Å²) < 4.78 is 0. The van der Waals surface area contributed by atoms with Crippen molar-refractivity contribution < 1.29 is 0 Å². The molecule has 0 spiro atoms. The average Bonchev–Trinajstić information content (AvgIpc) is 2.17. The molecule has 90 valence electrons. The third-order valence-electron chi connectivity index (χ3n) is 3.26. The summed E-state index contributed by atoms with van der Waals surface area (Å²) in [5.74, 6) is 0.896. The SMILES string of the molecule is Cc1cc(C)cc(CC2CCNCC2)c1.Cl. The van der Waals surface area contributed by atoms with Crippen LogP contribution in [0.25, 0.3) is 0 Å². The van der Waals surface area contributed by atoms with Crippen LogP contribution in [0.5, 0.6) is 0 Å². The van der Waals surface area contributed by atoms with Crippen LogP contribution in [0.3, 0.4) is 0 Å². The first kappa shape index (κ1) is 13.5. The summed E-state index contributed by atoms with van der Waals surface area (Å²) in [4.78, 5) is 0. The van der Waals surface area contributed by atoms with Gasteiger partial charge >= 0.3 is 0 Å². The first-order valence-corrected chi connectivity index (χ1v) is 6.02. The standard InChI is InChI=1S/C14H21N.ClH/c1-11-7-12(2)9-14(8-11)10-13-3-5-15-6-4-13;/h7-9,13,15H,3-6,10H2,1-2H3;1H. The number of aryl methyl sites for hydroxylation is 2. The normalized spacial score (nSPS) is 16.9. The lowest BCUT2D eigenvalue weighted by Gasteiger charge is -2.22. The van der Waals surface area contributed by atoms with Crippen LogP contribution in [0.15, 0.2) is 18.2 Å². The highest BCUT2D eigenvalue weighted by molar-refractivity contribution is 5.85. The Kier molecular flexibility index (Phi) is 5.30. The van der Waals surface area contributed by atoms with Crippen LogP contribution >= 0.6 is 12.4 Å². The molecule has 0 bridgehead atoms. The van der Waals surface area contributed by atoms with Crippen LogP contribution in [0.2, 0.25) is 0 Å². The Morgan fingerprint density at radius 1 is 1.06 bits per heavy atom. The molecule has 0 atom stereocenters. The van der Waals surface area contributed by atoms with Gasteiger partial charge in [0.2, 0.25) is 0 Å². The van der Waals surface area contributed by atoms with Gasteiger partial charge in [-0.05, 0) is 57.7 Å². The smallest absolute Gasteiger partial charge is 0.00462 e. The maximum atomic E-state index is 3.42. The summed E-state index contributed by atoms with van der Waals surface area (Å²) in [6.45, 7) is 6.79. The number of halogens is 1. The molecule has 0 aliphatic carbocycles. The Labute approximate surface area is 105 Å². The average molecular weight is 240 g/mol. The quantitative estimate of drug-likeness (QED) is 0.836. The Balaban J connectivity index is 0.00000128. The fourth-order valence-corrected chi connectivity index (χ4v) is 2.61. The second-order valence-corrected chi connectivity index (χ2v) is 4.89. The van der Waals surface area contributed by atoms with E-state index in [-0.39, 0.29) is 12.4 Å². The highest BCUT2D eigenvalue weighted by Crippen LogP contribution is 2.19. The van der Waals surface area contributed by atoms with Crippen LogP contribution in [0.1, 0.15) is 29.5 Å². The van der Waals surface area contributed by atoms with Crippen molar-refractivity contribution in [1.29, 1.82) is 0 Å². The van der Waals surface area contributed by atoms with Gasteiger partial charge < -0.3 is 5.32 Å². The predicted molar refractivity (Wildman–Crippen MR) is 72.5 cm³/mol. The van der Waals surface area contributed by atoms with Crippen molar-refractivity contribution in [3.05, 3.63) is 34.9 Å². The summed E-state index contributed by atoms with van der Waals surface area (Å²) in [5.41, 5.74) is 4.33. The topological polar surface area (TPSA) is 12.0 Å². The largest absolute Gasteiger partial charge is 0.317 e. The van der Waals surface area contributed by atoms with E-state index in [0.29, 0.717) is 0 Å². The first-order chi connectivity index (χ1) is 7.24. The van der Waals surface area contributed by atoms with E-state index in [0.717, 1.165) is 5.92 Å². The van der Waals surface area contributed by atoms with Gasteiger partial charge in [0.15, 0.2) is 0 Å². The number of benzene rings is 1. The molecule has 0 saturated carbocycles. The van der Waals surface area contributed by atoms with Gasteiger partial charge in [0, 0.05) is 0 Å². The third kappa shape index (κ3) is 3.80. The van der Waals surface area contributed by atoms with E-state index < -0.39 is 0 Å². The van der Waals surface area contributed by atoms with E-state index in [1.165, 1.54) is 49.0 Å². The van der Waals surface area contributed by atoms with Gasteiger partial charge in [-0.15, -0.1) is 12.4 Å². The second kappa shape index (κ2) is 6.27. The maximum Gasteiger partial charge on any atom is -0.00462 e. The zero-order valence-corrected chi connectivity index (χ0v) is 11.1. The number of hydrogen-bond acceptors (Lipinski definition) is 1. The fourth-order valence-electron chi connectivity index (χ4n) is 2.61. The molecule has 1 heterocycles. The molecule has 0 aromatic heterocycles. The van der Waals surface area contributed by atoms with Crippen LogP contribution in [0, 0.1) is 19.8 Å². The molecule has 1 N–H and O–H groups in total. The molecule has 1 saturated heterocycles. The summed E-state index contributed by atoms with van der Waals surface area (Å²) in [6.07, 6.45) is 3.95. The lowest BCUT2D eigenvalue weighted by Crippen LogP contribution is -2.28. The monoisotopic (exact) mass is 239 g/mol. The van der Waals surface area contributed by atoms with Crippen molar-refractivity contribution in [3.63, 3.8) is 0 Å². The number of piperidine rings is 1. The van der Waals surface area contributed by atoms with E-state index in [9.17, 15) is 0 Å². The minimum absolute atomic E-state index is 0. The fraction of sp³-hybridized carbons (Fsp3) is 0.571. The summed E-state index contributed by atoms with van der Waals surface area (Å²) in [7, 11) is 0. The molecule has 1 nitrogen and oxygen atoms in total. The van der Waals surface area contributed by atoms with Gasteiger partial charge in [-0.3, -0.25) is 0 Å². The first-order valence-electron chi connectivity index (χ1n) is 6.02. The second-order valence-electron chi connectivity index (χ2n) is 4.89. The van der Waals surface area contributed by atoms with Crippen LogP contribution < -0.4 is 5.32 Å². The van der Waals surface area contributed by atoms with Gasteiger partial charge in [0.1, 0.15) is 0 Å². The van der Waals surface area contributed by atoms with Crippen molar-refractivity contribution >= 4 is 12.4 Å². The molecule has 1 aliphatic rings. The Morgan fingerprint density at radius 3 is 2.19 bits per heavy atom. The van der Waals surface area contributed by atoms with Gasteiger partial charge in [0.25, 0.3) is 0 Å². The summed E-state index contributed by atoms with van der Waals surface area (Å²) in [6, 6.07) is 6.94. The molecule has 0 unspecified atom stereocenters. The molecule has 1 fully saturated rings.